The van der Waals surface area contributed by atoms with Gasteiger partial charge in [-0.1, -0.05) is 6.07 Å². The molecular weight excluding hydrogens is 212 g/mol. The summed E-state index contributed by atoms with van der Waals surface area (Å²) in [5.41, 5.74) is 8.25. The molecule has 0 unspecified atom stereocenters. The Kier molecular flexibility index (Phi) is 3.89. The Balaban J connectivity index is 2.24. The fourth-order valence-corrected chi connectivity index (χ4v) is 2.15. The maximum Gasteiger partial charge on any atom is 0.120 e. The van der Waals surface area contributed by atoms with E-state index in [9.17, 15) is 0 Å². The molecule has 1 aromatic rings. The van der Waals surface area contributed by atoms with Crippen LogP contribution >= 0.6 is 0 Å². The Hall–Kier alpha value is -1.22. The molecule has 94 valence electrons. The van der Waals surface area contributed by atoms with Crippen molar-refractivity contribution in [1.82, 2.24) is 0 Å². The second kappa shape index (κ2) is 5.41. The van der Waals surface area contributed by atoms with Gasteiger partial charge in [0.15, 0.2) is 0 Å². The van der Waals surface area contributed by atoms with Crippen LogP contribution in [-0.2, 0) is 6.54 Å². The van der Waals surface area contributed by atoms with Crippen LogP contribution in [0.2, 0.25) is 0 Å². The van der Waals surface area contributed by atoms with E-state index in [2.05, 4.69) is 24.0 Å². The molecule has 3 nitrogen and oxygen atoms in total. The molecule has 2 N–H and O–H groups in total. The first-order valence-electron chi connectivity index (χ1n) is 6.40. The summed E-state index contributed by atoms with van der Waals surface area (Å²) in [6.07, 6.45) is 2.75. The first-order chi connectivity index (χ1) is 8.28. The summed E-state index contributed by atoms with van der Waals surface area (Å²) in [5.74, 6) is 1.79. The quantitative estimate of drug-likeness (QED) is 0.821. The van der Waals surface area contributed by atoms with Crippen LogP contribution in [0, 0.1) is 5.92 Å². The van der Waals surface area contributed by atoms with Gasteiger partial charge in [-0.15, -0.1) is 0 Å². The van der Waals surface area contributed by atoms with Crippen molar-refractivity contribution in [3.63, 3.8) is 0 Å². The van der Waals surface area contributed by atoms with E-state index in [0.29, 0.717) is 6.54 Å². The van der Waals surface area contributed by atoms with Crippen molar-refractivity contribution in [3.05, 3.63) is 23.8 Å². The van der Waals surface area contributed by atoms with Crippen molar-refractivity contribution >= 4 is 5.69 Å². The number of rotatable bonds is 6. The molecule has 0 bridgehead atoms. The topological polar surface area (TPSA) is 38.5 Å². The predicted octanol–water partition coefficient (Wildman–Crippen LogP) is 2.39. The van der Waals surface area contributed by atoms with Gasteiger partial charge in [0.1, 0.15) is 5.75 Å². The molecule has 1 aliphatic rings. The lowest BCUT2D eigenvalue weighted by Gasteiger charge is -2.26. The number of benzene rings is 1. The van der Waals surface area contributed by atoms with Crippen LogP contribution < -0.4 is 15.4 Å². The van der Waals surface area contributed by atoms with E-state index < -0.39 is 0 Å². The maximum absolute atomic E-state index is 5.81. The summed E-state index contributed by atoms with van der Waals surface area (Å²) >= 11 is 0. The average Bonchev–Trinajstić information content (AvgIpc) is 3.19. The first kappa shape index (κ1) is 12.2. The Morgan fingerprint density at radius 1 is 1.41 bits per heavy atom. The van der Waals surface area contributed by atoms with E-state index >= 15 is 0 Å². The SMILES string of the molecule is CCN(CC1CC1)c1cc(OC)ccc1CN. The zero-order valence-corrected chi connectivity index (χ0v) is 10.8. The predicted molar refractivity (Wildman–Crippen MR) is 71.5 cm³/mol. The lowest BCUT2D eigenvalue weighted by Crippen LogP contribution is -2.26. The monoisotopic (exact) mass is 234 g/mol. The van der Waals surface area contributed by atoms with Crippen molar-refractivity contribution in [2.24, 2.45) is 11.7 Å². The van der Waals surface area contributed by atoms with E-state index in [1.807, 2.05) is 6.07 Å². The molecule has 0 heterocycles. The van der Waals surface area contributed by atoms with E-state index in [1.54, 1.807) is 7.11 Å². The van der Waals surface area contributed by atoms with Gasteiger partial charge in [-0.2, -0.15) is 0 Å². The summed E-state index contributed by atoms with van der Waals surface area (Å²) in [6, 6.07) is 6.16. The van der Waals surface area contributed by atoms with Gasteiger partial charge in [-0.3, -0.25) is 0 Å². The zero-order chi connectivity index (χ0) is 12.3. The fourth-order valence-electron chi connectivity index (χ4n) is 2.15. The Morgan fingerprint density at radius 3 is 2.71 bits per heavy atom. The number of hydrogen-bond donors (Lipinski definition) is 1. The highest BCUT2D eigenvalue weighted by Crippen LogP contribution is 2.33. The number of ether oxygens (including phenoxy) is 1. The number of hydrogen-bond acceptors (Lipinski definition) is 3. The van der Waals surface area contributed by atoms with Crippen LogP contribution in [0.5, 0.6) is 5.75 Å². The minimum Gasteiger partial charge on any atom is -0.497 e. The highest BCUT2D eigenvalue weighted by molar-refractivity contribution is 5.57. The minimum absolute atomic E-state index is 0.584. The molecule has 17 heavy (non-hydrogen) atoms. The minimum atomic E-state index is 0.584. The summed E-state index contributed by atoms with van der Waals surface area (Å²) in [5, 5.41) is 0. The van der Waals surface area contributed by atoms with Gasteiger partial charge in [-0.25, -0.2) is 0 Å². The molecular formula is C14H22N2O. The molecule has 0 aromatic heterocycles. The summed E-state index contributed by atoms with van der Waals surface area (Å²) < 4.78 is 5.30. The second-order valence-electron chi connectivity index (χ2n) is 4.68. The summed E-state index contributed by atoms with van der Waals surface area (Å²) in [6.45, 7) is 4.95. The molecule has 0 amide bonds. The van der Waals surface area contributed by atoms with Crippen LogP contribution in [-0.4, -0.2) is 20.2 Å². The van der Waals surface area contributed by atoms with Crippen LogP contribution in [0.15, 0.2) is 18.2 Å². The number of methoxy groups -OCH3 is 1. The lowest BCUT2D eigenvalue weighted by molar-refractivity contribution is 0.414. The fraction of sp³-hybridized carbons (Fsp3) is 0.571. The van der Waals surface area contributed by atoms with Gasteiger partial charge in [-0.05, 0) is 37.3 Å². The molecule has 1 aliphatic carbocycles. The van der Waals surface area contributed by atoms with Gasteiger partial charge >= 0.3 is 0 Å². The molecule has 0 atom stereocenters. The number of nitrogens with zero attached hydrogens (tertiary/aromatic N) is 1. The zero-order valence-electron chi connectivity index (χ0n) is 10.8. The standard InChI is InChI=1S/C14H22N2O/c1-3-16(10-11-4-5-11)14-8-13(17-2)7-6-12(14)9-15/h6-8,11H,3-5,9-10,15H2,1-2H3. The third-order valence-electron chi connectivity index (χ3n) is 3.41. The maximum atomic E-state index is 5.81. The van der Waals surface area contributed by atoms with Gasteiger partial charge < -0.3 is 15.4 Å². The van der Waals surface area contributed by atoms with Crippen LogP contribution in [0.4, 0.5) is 5.69 Å². The molecule has 2 rings (SSSR count). The van der Waals surface area contributed by atoms with Crippen molar-refractivity contribution < 1.29 is 4.74 Å². The van der Waals surface area contributed by atoms with Gasteiger partial charge in [0.05, 0.1) is 7.11 Å². The molecule has 0 radical (unpaired) electrons. The highest BCUT2D eigenvalue weighted by Gasteiger charge is 2.24. The second-order valence-corrected chi connectivity index (χ2v) is 4.68. The summed E-state index contributed by atoms with van der Waals surface area (Å²) in [4.78, 5) is 2.42. The van der Waals surface area contributed by atoms with Gasteiger partial charge in [0.25, 0.3) is 0 Å². The smallest absolute Gasteiger partial charge is 0.120 e. The molecule has 1 saturated carbocycles. The third kappa shape index (κ3) is 2.91. The molecule has 3 heteroatoms. The Morgan fingerprint density at radius 2 is 2.18 bits per heavy atom. The molecule has 1 aromatic carbocycles. The largest absolute Gasteiger partial charge is 0.497 e. The van der Waals surface area contributed by atoms with Crippen molar-refractivity contribution in [1.29, 1.82) is 0 Å². The summed E-state index contributed by atoms with van der Waals surface area (Å²) in [7, 11) is 1.71. The third-order valence-corrected chi connectivity index (χ3v) is 3.41. The molecule has 0 spiro atoms. The van der Waals surface area contributed by atoms with E-state index in [0.717, 1.165) is 24.8 Å². The molecule has 0 aliphatic heterocycles. The van der Waals surface area contributed by atoms with Crippen molar-refractivity contribution in [2.75, 3.05) is 25.1 Å². The highest BCUT2D eigenvalue weighted by atomic mass is 16.5. The lowest BCUT2D eigenvalue weighted by atomic mass is 10.1. The van der Waals surface area contributed by atoms with Crippen molar-refractivity contribution in [2.45, 2.75) is 26.3 Å². The van der Waals surface area contributed by atoms with Crippen LogP contribution in [0.3, 0.4) is 0 Å². The molecule has 1 fully saturated rings. The van der Waals surface area contributed by atoms with Crippen LogP contribution in [0.25, 0.3) is 0 Å². The van der Waals surface area contributed by atoms with E-state index in [4.69, 9.17) is 10.5 Å². The molecule has 0 saturated heterocycles. The van der Waals surface area contributed by atoms with Gasteiger partial charge in [0, 0.05) is 31.4 Å². The Labute approximate surface area is 104 Å². The number of anilines is 1. The average molecular weight is 234 g/mol. The number of nitrogens with two attached hydrogens (primary N) is 1. The normalized spacial score (nSPS) is 14.8. The van der Waals surface area contributed by atoms with Gasteiger partial charge in [0.2, 0.25) is 0 Å². The van der Waals surface area contributed by atoms with E-state index in [1.165, 1.54) is 24.1 Å². The van der Waals surface area contributed by atoms with Crippen molar-refractivity contribution in [3.8, 4) is 5.75 Å². The van der Waals surface area contributed by atoms with Crippen LogP contribution in [0.1, 0.15) is 25.3 Å². The Bertz CT molecular complexity index is 374. The van der Waals surface area contributed by atoms with E-state index in [-0.39, 0.29) is 0 Å². The first-order valence-corrected chi connectivity index (χ1v) is 6.40.